The molecular weight excluding hydrogens is 254 g/mol. The van der Waals surface area contributed by atoms with Gasteiger partial charge in [-0.05, 0) is 38.5 Å². The zero-order chi connectivity index (χ0) is 13.9. The Balaban J connectivity index is 3.02. The van der Waals surface area contributed by atoms with E-state index in [2.05, 4.69) is 5.32 Å². The van der Waals surface area contributed by atoms with E-state index in [1.165, 1.54) is 6.07 Å². The molecular formula is C11H19N3O3S. The lowest BCUT2D eigenvalue weighted by atomic mass is 10.1. The normalized spacial score (nSPS) is 15.1. The van der Waals surface area contributed by atoms with Crippen molar-refractivity contribution in [2.45, 2.75) is 37.3 Å². The summed E-state index contributed by atoms with van der Waals surface area (Å²) in [5, 5.41) is 17.4. The van der Waals surface area contributed by atoms with E-state index in [1.54, 1.807) is 19.1 Å². The molecule has 0 radical (unpaired) electrons. The monoisotopic (exact) mass is 273 g/mol. The van der Waals surface area contributed by atoms with Crippen molar-refractivity contribution in [3.05, 3.63) is 18.2 Å². The van der Waals surface area contributed by atoms with E-state index >= 15 is 0 Å². The number of nitrogen functional groups attached to an aromatic ring is 1. The van der Waals surface area contributed by atoms with Gasteiger partial charge in [-0.3, -0.25) is 0 Å². The molecule has 0 aliphatic carbocycles. The number of anilines is 2. The predicted molar refractivity (Wildman–Crippen MR) is 71.6 cm³/mol. The molecule has 7 heteroatoms. The Morgan fingerprint density at radius 2 is 2.00 bits per heavy atom. The second kappa shape index (κ2) is 5.55. The minimum atomic E-state index is -3.84. The quantitative estimate of drug-likeness (QED) is 0.582. The Morgan fingerprint density at radius 3 is 2.50 bits per heavy atom. The average Bonchev–Trinajstić information content (AvgIpc) is 2.17. The number of aliphatic hydroxyl groups is 1. The summed E-state index contributed by atoms with van der Waals surface area (Å²) >= 11 is 0. The molecule has 0 aliphatic rings. The molecule has 1 aromatic carbocycles. The van der Waals surface area contributed by atoms with E-state index in [1.807, 2.05) is 6.92 Å². The Hall–Kier alpha value is -1.31. The fourth-order valence-corrected chi connectivity index (χ4v) is 2.46. The second-order valence-electron chi connectivity index (χ2n) is 4.43. The Morgan fingerprint density at radius 1 is 1.39 bits per heavy atom. The van der Waals surface area contributed by atoms with Crippen molar-refractivity contribution >= 4 is 21.4 Å². The highest BCUT2D eigenvalue weighted by molar-refractivity contribution is 7.89. The number of nitrogens with two attached hydrogens (primary N) is 2. The SMILES string of the molecule is CC(O)CC(C)Nc1ccc(N)cc1S(N)(=O)=O. The highest BCUT2D eigenvalue weighted by Gasteiger charge is 2.16. The Kier molecular flexibility index (Phi) is 4.55. The van der Waals surface area contributed by atoms with Crippen molar-refractivity contribution in [3.8, 4) is 0 Å². The second-order valence-corrected chi connectivity index (χ2v) is 5.96. The first-order valence-electron chi connectivity index (χ1n) is 5.57. The summed E-state index contributed by atoms with van der Waals surface area (Å²) in [6.45, 7) is 3.51. The fourth-order valence-electron chi connectivity index (χ4n) is 1.73. The lowest BCUT2D eigenvalue weighted by Crippen LogP contribution is -2.23. The van der Waals surface area contributed by atoms with Gasteiger partial charge in [-0.15, -0.1) is 0 Å². The van der Waals surface area contributed by atoms with Crippen LogP contribution in [0.25, 0.3) is 0 Å². The third-order valence-corrected chi connectivity index (χ3v) is 3.36. The van der Waals surface area contributed by atoms with Crippen LogP contribution in [0.1, 0.15) is 20.3 Å². The minimum Gasteiger partial charge on any atom is -0.399 e. The van der Waals surface area contributed by atoms with Crippen LogP contribution in [0.5, 0.6) is 0 Å². The van der Waals surface area contributed by atoms with Crippen LogP contribution in [0.4, 0.5) is 11.4 Å². The first kappa shape index (κ1) is 14.7. The molecule has 0 saturated heterocycles. The summed E-state index contributed by atoms with van der Waals surface area (Å²) in [5.41, 5.74) is 6.26. The molecule has 0 fully saturated rings. The van der Waals surface area contributed by atoms with E-state index in [0.29, 0.717) is 17.8 Å². The van der Waals surface area contributed by atoms with Gasteiger partial charge in [-0.2, -0.15) is 0 Å². The van der Waals surface area contributed by atoms with Crippen molar-refractivity contribution in [2.75, 3.05) is 11.1 Å². The molecule has 102 valence electrons. The molecule has 2 atom stereocenters. The van der Waals surface area contributed by atoms with Gasteiger partial charge in [0.05, 0.1) is 11.8 Å². The first-order valence-corrected chi connectivity index (χ1v) is 7.11. The third-order valence-electron chi connectivity index (χ3n) is 2.41. The van der Waals surface area contributed by atoms with Crippen LogP contribution in [0.3, 0.4) is 0 Å². The van der Waals surface area contributed by atoms with Crippen molar-refractivity contribution < 1.29 is 13.5 Å². The number of aliphatic hydroxyl groups excluding tert-OH is 1. The van der Waals surface area contributed by atoms with Gasteiger partial charge in [0.25, 0.3) is 0 Å². The maximum Gasteiger partial charge on any atom is 0.240 e. The molecule has 2 unspecified atom stereocenters. The van der Waals surface area contributed by atoms with Crippen LogP contribution in [0.15, 0.2) is 23.1 Å². The van der Waals surface area contributed by atoms with Crippen LogP contribution >= 0.6 is 0 Å². The molecule has 6 N–H and O–H groups in total. The molecule has 0 heterocycles. The van der Waals surface area contributed by atoms with Crippen molar-refractivity contribution in [1.82, 2.24) is 0 Å². The zero-order valence-corrected chi connectivity index (χ0v) is 11.2. The maximum atomic E-state index is 11.4. The number of benzene rings is 1. The van der Waals surface area contributed by atoms with E-state index in [0.717, 1.165) is 0 Å². The van der Waals surface area contributed by atoms with Crippen molar-refractivity contribution in [1.29, 1.82) is 0 Å². The Bertz CT molecular complexity index is 514. The van der Waals surface area contributed by atoms with Crippen LogP contribution in [0.2, 0.25) is 0 Å². The van der Waals surface area contributed by atoms with E-state index in [-0.39, 0.29) is 10.9 Å². The molecule has 6 nitrogen and oxygen atoms in total. The van der Waals surface area contributed by atoms with Crippen LogP contribution in [-0.2, 0) is 10.0 Å². The summed E-state index contributed by atoms with van der Waals surface area (Å²) in [4.78, 5) is -0.0417. The summed E-state index contributed by atoms with van der Waals surface area (Å²) in [6.07, 6.45) is 0.0215. The molecule has 0 saturated carbocycles. The number of sulfonamides is 1. The molecule has 1 aromatic rings. The third kappa shape index (κ3) is 4.17. The first-order chi connectivity index (χ1) is 8.20. The van der Waals surface area contributed by atoms with Gasteiger partial charge in [-0.1, -0.05) is 0 Å². The highest BCUT2D eigenvalue weighted by atomic mass is 32.2. The molecule has 1 rings (SSSR count). The predicted octanol–water partition coefficient (Wildman–Crippen LogP) is 0.488. The summed E-state index contributed by atoms with van der Waals surface area (Å²) in [6, 6.07) is 4.38. The number of hydrogen-bond acceptors (Lipinski definition) is 5. The zero-order valence-electron chi connectivity index (χ0n) is 10.4. The molecule has 0 bridgehead atoms. The fraction of sp³-hybridized carbons (Fsp3) is 0.455. The topological polar surface area (TPSA) is 118 Å². The molecule has 18 heavy (non-hydrogen) atoms. The molecule has 0 aromatic heterocycles. The number of rotatable bonds is 5. The van der Waals surface area contributed by atoms with Crippen LogP contribution < -0.4 is 16.2 Å². The van der Waals surface area contributed by atoms with Crippen LogP contribution in [0, 0.1) is 0 Å². The molecule has 0 amide bonds. The van der Waals surface area contributed by atoms with Gasteiger partial charge in [0, 0.05) is 11.7 Å². The summed E-state index contributed by atoms with van der Waals surface area (Å²) in [7, 11) is -3.84. The molecule has 0 spiro atoms. The number of hydrogen-bond donors (Lipinski definition) is 4. The van der Waals surface area contributed by atoms with Gasteiger partial charge in [-0.25, -0.2) is 13.6 Å². The van der Waals surface area contributed by atoms with E-state index in [9.17, 15) is 13.5 Å². The van der Waals surface area contributed by atoms with Gasteiger partial charge in [0.2, 0.25) is 10.0 Å². The standard InChI is InChI=1S/C11H19N3O3S/c1-7(5-8(2)15)14-10-4-3-9(12)6-11(10)18(13,16)17/h3-4,6-8,14-15H,5,12H2,1-2H3,(H2,13,16,17). The van der Waals surface area contributed by atoms with Gasteiger partial charge in [0.15, 0.2) is 0 Å². The van der Waals surface area contributed by atoms with E-state index in [4.69, 9.17) is 10.9 Å². The van der Waals surface area contributed by atoms with Crippen molar-refractivity contribution in [3.63, 3.8) is 0 Å². The average molecular weight is 273 g/mol. The number of nitrogens with one attached hydrogen (secondary N) is 1. The van der Waals surface area contributed by atoms with Gasteiger partial charge >= 0.3 is 0 Å². The highest BCUT2D eigenvalue weighted by Crippen LogP contribution is 2.24. The maximum absolute atomic E-state index is 11.4. The largest absolute Gasteiger partial charge is 0.399 e. The smallest absolute Gasteiger partial charge is 0.240 e. The summed E-state index contributed by atoms with van der Waals surface area (Å²) < 4.78 is 22.9. The van der Waals surface area contributed by atoms with E-state index < -0.39 is 16.1 Å². The van der Waals surface area contributed by atoms with Gasteiger partial charge < -0.3 is 16.2 Å². The van der Waals surface area contributed by atoms with Gasteiger partial charge in [0.1, 0.15) is 4.90 Å². The summed E-state index contributed by atoms with van der Waals surface area (Å²) in [5.74, 6) is 0. The Labute approximate surface area is 107 Å². The van der Waals surface area contributed by atoms with Crippen LogP contribution in [-0.4, -0.2) is 25.7 Å². The lowest BCUT2D eigenvalue weighted by Gasteiger charge is -2.18. The minimum absolute atomic E-state index is 0.0417. The van der Waals surface area contributed by atoms with Crippen molar-refractivity contribution in [2.24, 2.45) is 5.14 Å². The molecule has 0 aliphatic heterocycles. The number of primary sulfonamides is 1. The lowest BCUT2D eigenvalue weighted by molar-refractivity contribution is 0.179.